The molecule has 0 radical (unpaired) electrons. The summed E-state index contributed by atoms with van der Waals surface area (Å²) >= 11 is 0. The van der Waals surface area contributed by atoms with Gasteiger partial charge in [0.25, 0.3) is 0 Å². The fraction of sp³-hybridized carbons (Fsp3) is 0.778. The largest absolute Gasteiger partial charge is 0.397 e. The molecule has 0 aliphatic rings. The summed E-state index contributed by atoms with van der Waals surface area (Å²) in [5, 5.41) is 1.30. The van der Waals surface area contributed by atoms with Crippen LogP contribution in [0.1, 0.15) is 33.1 Å². The molecular formula is C9H20O2Si. The highest BCUT2D eigenvalue weighted by Crippen LogP contribution is 2.05. The number of allylic oxidation sites excluding steroid dienone is 2. The maximum Gasteiger partial charge on any atom is 0.350 e. The normalized spacial score (nSPS) is 12.6. The molecule has 0 aliphatic heterocycles. The van der Waals surface area contributed by atoms with Crippen LogP contribution in [0.15, 0.2) is 11.3 Å². The molecule has 0 bridgehead atoms. The number of hydrogen-bond acceptors (Lipinski definition) is 2. The maximum atomic E-state index is 5.24. The highest BCUT2D eigenvalue weighted by atomic mass is 28.3. The Morgan fingerprint density at radius 2 is 1.92 bits per heavy atom. The molecule has 0 aromatic heterocycles. The van der Waals surface area contributed by atoms with Crippen LogP contribution in [0.2, 0.25) is 0 Å². The molecule has 0 saturated carbocycles. The Balaban J connectivity index is 3.79. The topological polar surface area (TPSA) is 18.5 Å². The monoisotopic (exact) mass is 188 g/mol. The summed E-state index contributed by atoms with van der Waals surface area (Å²) in [4.78, 5) is 0. The van der Waals surface area contributed by atoms with Crippen LogP contribution >= 0.6 is 0 Å². The molecule has 0 fully saturated rings. The molecule has 0 aromatic carbocycles. The molecule has 72 valence electrons. The third kappa shape index (κ3) is 4.69. The van der Waals surface area contributed by atoms with Crippen molar-refractivity contribution in [2.24, 2.45) is 0 Å². The van der Waals surface area contributed by atoms with Gasteiger partial charge >= 0.3 is 9.28 Å². The van der Waals surface area contributed by atoms with E-state index in [-0.39, 0.29) is 0 Å². The van der Waals surface area contributed by atoms with Crippen molar-refractivity contribution in [3.05, 3.63) is 11.3 Å². The van der Waals surface area contributed by atoms with Gasteiger partial charge < -0.3 is 8.85 Å². The number of rotatable bonds is 6. The van der Waals surface area contributed by atoms with Gasteiger partial charge in [-0.15, -0.1) is 0 Å². The van der Waals surface area contributed by atoms with Crippen molar-refractivity contribution in [1.29, 1.82) is 0 Å². The van der Waals surface area contributed by atoms with Gasteiger partial charge in [0.05, 0.1) is 0 Å². The number of hydrogen-bond donors (Lipinski definition) is 0. The van der Waals surface area contributed by atoms with Crippen LogP contribution < -0.4 is 0 Å². The van der Waals surface area contributed by atoms with E-state index in [1.807, 2.05) is 0 Å². The highest BCUT2D eigenvalue weighted by Gasteiger charge is 2.10. The van der Waals surface area contributed by atoms with Crippen molar-refractivity contribution in [2.45, 2.75) is 33.1 Å². The van der Waals surface area contributed by atoms with Gasteiger partial charge in [-0.05, 0) is 18.5 Å². The first-order valence-corrected chi connectivity index (χ1v) is 6.00. The van der Waals surface area contributed by atoms with E-state index in [4.69, 9.17) is 8.85 Å². The van der Waals surface area contributed by atoms with Crippen LogP contribution in [0.5, 0.6) is 0 Å². The summed E-state index contributed by atoms with van der Waals surface area (Å²) in [6.45, 7) is 4.30. The second-order valence-corrected chi connectivity index (χ2v) is 5.41. The third-order valence-electron chi connectivity index (χ3n) is 1.82. The van der Waals surface area contributed by atoms with Gasteiger partial charge in [-0.3, -0.25) is 0 Å². The molecule has 2 nitrogen and oxygen atoms in total. The standard InChI is InChI=1S/C9H20O2Si/c1-5-6-7-8-9(2)12(10-3)11-4/h8,12H,5-7H2,1-4H3. The predicted octanol–water partition coefficient (Wildman–Crippen LogP) is 2.18. The number of unbranched alkanes of at least 4 members (excludes halogenated alkanes) is 2. The van der Waals surface area contributed by atoms with E-state index in [0.717, 1.165) is 6.42 Å². The molecule has 0 spiro atoms. The van der Waals surface area contributed by atoms with Gasteiger partial charge in [0.2, 0.25) is 0 Å². The summed E-state index contributed by atoms with van der Waals surface area (Å²) in [5.74, 6) is 0. The zero-order chi connectivity index (χ0) is 9.40. The minimum Gasteiger partial charge on any atom is -0.397 e. The fourth-order valence-corrected chi connectivity index (χ4v) is 2.39. The Hall–Kier alpha value is -0.123. The minimum absolute atomic E-state index is 1.15. The van der Waals surface area contributed by atoms with E-state index in [1.165, 1.54) is 18.0 Å². The molecule has 0 unspecified atom stereocenters. The van der Waals surface area contributed by atoms with Crippen molar-refractivity contribution in [1.82, 2.24) is 0 Å². The van der Waals surface area contributed by atoms with Crippen LogP contribution in [0.3, 0.4) is 0 Å². The van der Waals surface area contributed by atoms with E-state index >= 15 is 0 Å². The van der Waals surface area contributed by atoms with Gasteiger partial charge in [-0.2, -0.15) is 0 Å². The van der Waals surface area contributed by atoms with E-state index in [9.17, 15) is 0 Å². The van der Waals surface area contributed by atoms with Gasteiger partial charge in [0, 0.05) is 14.2 Å². The molecule has 0 aromatic rings. The summed E-state index contributed by atoms with van der Waals surface area (Å²) in [7, 11) is 1.97. The quantitative estimate of drug-likeness (QED) is 0.470. The van der Waals surface area contributed by atoms with E-state index in [0.29, 0.717) is 0 Å². The Bertz CT molecular complexity index is 130. The van der Waals surface area contributed by atoms with Gasteiger partial charge in [-0.25, -0.2) is 0 Å². The van der Waals surface area contributed by atoms with Gasteiger partial charge in [-0.1, -0.05) is 25.8 Å². The molecule has 12 heavy (non-hydrogen) atoms. The summed E-state index contributed by atoms with van der Waals surface area (Å²) in [6, 6.07) is 0. The average molecular weight is 188 g/mol. The minimum atomic E-state index is -1.47. The lowest BCUT2D eigenvalue weighted by atomic mass is 10.2. The molecule has 0 aliphatic carbocycles. The van der Waals surface area contributed by atoms with E-state index in [1.54, 1.807) is 14.2 Å². The fourth-order valence-electron chi connectivity index (χ4n) is 1.10. The molecule has 0 saturated heterocycles. The first kappa shape index (κ1) is 11.9. The van der Waals surface area contributed by atoms with Crippen LogP contribution in [-0.4, -0.2) is 23.5 Å². The van der Waals surface area contributed by atoms with Crippen LogP contribution in [0.4, 0.5) is 0 Å². The SMILES string of the molecule is CCCCC=C(C)[SiH](OC)OC. The van der Waals surface area contributed by atoms with Crippen LogP contribution in [0.25, 0.3) is 0 Å². The third-order valence-corrected chi connectivity index (χ3v) is 3.66. The highest BCUT2D eigenvalue weighted by molar-refractivity contribution is 6.53. The zero-order valence-corrected chi connectivity index (χ0v) is 9.75. The molecule has 0 rings (SSSR count). The lowest BCUT2D eigenvalue weighted by Crippen LogP contribution is -2.20. The Morgan fingerprint density at radius 1 is 1.33 bits per heavy atom. The van der Waals surface area contributed by atoms with Crippen molar-refractivity contribution >= 4 is 9.28 Å². The van der Waals surface area contributed by atoms with Gasteiger partial charge in [0.1, 0.15) is 0 Å². The lowest BCUT2D eigenvalue weighted by Gasteiger charge is -2.10. The van der Waals surface area contributed by atoms with Crippen molar-refractivity contribution in [2.75, 3.05) is 14.2 Å². The van der Waals surface area contributed by atoms with Crippen molar-refractivity contribution in [3.8, 4) is 0 Å². The predicted molar refractivity (Wildman–Crippen MR) is 54.4 cm³/mol. The lowest BCUT2D eigenvalue weighted by molar-refractivity contribution is 0.287. The molecule has 0 N–H and O–H groups in total. The van der Waals surface area contributed by atoms with E-state index < -0.39 is 9.28 Å². The molecule has 0 heterocycles. The van der Waals surface area contributed by atoms with E-state index in [2.05, 4.69) is 19.9 Å². The second-order valence-electron chi connectivity index (χ2n) is 2.89. The zero-order valence-electron chi connectivity index (χ0n) is 8.59. The molecule has 0 atom stereocenters. The Morgan fingerprint density at radius 3 is 2.33 bits per heavy atom. The first-order valence-electron chi connectivity index (χ1n) is 4.48. The van der Waals surface area contributed by atoms with Gasteiger partial charge in [0.15, 0.2) is 0 Å². The van der Waals surface area contributed by atoms with Crippen LogP contribution in [0, 0.1) is 0 Å². The smallest absolute Gasteiger partial charge is 0.350 e. The van der Waals surface area contributed by atoms with Crippen LogP contribution in [-0.2, 0) is 8.85 Å². The average Bonchev–Trinajstić information content (AvgIpc) is 2.07. The summed E-state index contributed by atoms with van der Waals surface area (Å²) in [6.07, 6.45) is 5.90. The molecular weight excluding hydrogens is 168 g/mol. The first-order chi connectivity index (χ1) is 5.76. The molecule has 3 heteroatoms. The molecule has 0 amide bonds. The second kappa shape index (κ2) is 7.52. The Labute approximate surface area is 77.4 Å². The van der Waals surface area contributed by atoms with Crippen molar-refractivity contribution < 1.29 is 8.85 Å². The maximum absolute atomic E-state index is 5.24. The van der Waals surface area contributed by atoms with Crippen molar-refractivity contribution in [3.63, 3.8) is 0 Å². The summed E-state index contributed by atoms with van der Waals surface area (Å²) in [5.41, 5.74) is 0. The Kier molecular flexibility index (Phi) is 7.44. The summed E-state index contributed by atoms with van der Waals surface area (Å²) < 4.78 is 10.5.